The molecule has 0 atom stereocenters. The minimum absolute atomic E-state index is 0.0815. The van der Waals surface area contributed by atoms with Crippen LogP contribution in [0.5, 0.6) is 5.75 Å². The zero-order valence-corrected chi connectivity index (χ0v) is 14.7. The summed E-state index contributed by atoms with van der Waals surface area (Å²) in [5, 5.41) is 3.64. The number of ether oxygens (including phenoxy) is 1. The highest BCUT2D eigenvalue weighted by molar-refractivity contribution is 6.30. The molecule has 2 aromatic rings. The SMILES string of the molecule is COc1cc(C)c(C(=O)NCc2ccc(Cl)cc2)cc1C(C)C. The molecule has 0 unspecified atom stereocenters. The summed E-state index contributed by atoms with van der Waals surface area (Å²) in [5.74, 6) is 1.03. The number of rotatable bonds is 5. The first-order valence-corrected chi connectivity index (χ1v) is 8.01. The van der Waals surface area contributed by atoms with Crippen LogP contribution in [0.1, 0.15) is 46.8 Å². The smallest absolute Gasteiger partial charge is 0.251 e. The van der Waals surface area contributed by atoms with E-state index in [0.717, 1.165) is 22.4 Å². The summed E-state index contributed by atoms with van der Waals surface area (Å²) >= 11 is 5.87. The lowest BCUT2D eigenvalue weighted by Crippen LogP contribution is -2.24. The molecule has 1 N–H and O–H groups in total. The lowest BCUT2D eigenvalue weighted by Gasteiger charge is -2.16. The number of methoxy groups -OCH3 is 1. The van der Waals surface area contributed by atoms with Crippen molar-refractivity contribution >= 4 is 17.5 Å². The molecule has 0 fully saturated rings. The number of halogens is 1. The molecular weight excluding hydrogens is 310 g/mol. The van der Waals surface area contributed by atoms with Crippen LogP contribution < -0.4 is 10.1 Å². The van der Waals surface area contributed by atoms with Gasteiger partial charge in [0, 0.05) is 17.1 Å². The molecule has 4 heteroatoms. The maximum Gasteiger partial charge on any atom is 0.251 e. The molecule has 0 aliphatic rings. The van der Waals surface area contributed by atoms with Gasteiger partial charge in [0.05, 0.1) is 7.11 Å². The average molecular weight is 332 g/mol. The van der Waals surface area contributed by atoms with Crippen molar-refractivity contribution < 1.29 is 9.53 Å². The second-order valence-electron chi connectivity index (χ2n) is 5.87. The monoisotopic (exact) mass is 331 g/mol. The molecular formula is C19H22ClNO2. The molecule has 0 saturated heterocycles. The van der Waals surface area contributed by atoms with Gasteiger partial charge in [-0.15, -0.1) is 0 Å². The van der Waals surface area contributed by atoms with Crippen molar-refractivity contribution in [2.75, 3.05) is 7.11 Å². The topological polar surface area (TPSA) is 38.3 Å². The van der Waals surface area contributed by atoms with E-state index >= 15 is 0 Å². The van der Waals surface area contributed by atoms with E-state index in [4.69, 9.17) is 16.3 Å². The third-order valence-corrected chi connectivity index (χ3v) is 4.06. The van der Waals surface area contributed by atoms with Crippen molar-refractivity contribution in [1.82, 2.24) is 5.32 Å². The molecule has 0 saturated carbocycles. The van der Waals surface area contributed by atoms with Crippen LogP contribution in [-0.2, 0) is 6.54 Å². The van der Waals surface area contributed by atoms with E-state index in [-0.39, 0.29) is 11.8 Å². The number of carbonyl (C=O) groups excluding carboxylic acids is 1. The normalized spacial score (nSPS) is 10.7. The Labute approximate surface area is 142 Å². The van der Waals surface area contributed by atoms with Crippen molar-refractivity contribution in [2.24, 2.45) is 0 Å². The van der Waals surface area contributed by atoms with Gasteiger partial charge in [-0.1, -0.05) is 37.6 Å². The predicted molar refractivity (Wildman–Crippen MR) is 94.4 cm³/mol. The van der Waals surface area contributed by atoms with Crippen molar-refractivity contribution in [3.8, 4) is 5.75 Å². The van der Waals surface area contributed by atoms with E-state index in [0.29, 0.717) is 17.1 Å². The minimum Gasteiger partial charge on any atom is -0.496 e. The third-order valence-electron chi connectivity index (χ3n) is 3.81. The molecule has 122 valence electrons. The van der Waals surface area contributed by atoms with Crippen LogP contribution in [-0.4, -0.2) is 13.0 Å². The molecule has 3 nitrogen and oxygen atoms in total. The van der Waals surface area contributed by atoms with Crippen molar-refractivity contribution in [2.45, 2.75) is 33.2 Å². The van der Waals surface area contributed by atoms with Crippen LogP contribution in [0.25, 0.3) is 0 Å². The number of aryl methyl sites for hydroxylation is 1. The second kappa shape index (κ2) is 7.51. The highest BCUT2D eigenvalue weighted by atomic mass is 35.5. The Morgan fingerprint density at radius 2 is 1.87 bits per heavy atom. The Morgan fingerprint density at radius 3 is 2.43 bits per heavy atom. The minimum atomic E-state index is -0.0815. The highest BCUT2D eigenvalue weighted by Gasteiger charge is 2.15. The van der Waals surface area contributed by atoms with Gasteiger partial charge in [0.2, 0.25) is 0 Å². The van der Waals surface area contributed by atoms with Crippen molar-refractivity contribution in [3.05, 3.63) is 63.7 Å². The fraction of sp³-hybridized carbons (Fsp3) is 0.316. The van der Waals surface area contributed by atoms with Gasteiger partial charge in [0.25, 0.3) is 5.91 Å². The van der Waals surface area contributed by atoms with E-state index in [9.17, 15) is 4.79 Å². The summed E-state index contributed by atoms with van der Waals surface area (Å²) in [6.07, 6.45) is 0. The van der Waals surface area contributed by atoms with Crippen LogP contribution >= 0.6 is 11.6 Å². The van der Waals surface area contributed by atoms with Gasteiger partial charge in [0.1, 0.15) is 5.75 Å². The van der Waals surface area contributed by atoms with Crippen molar-refractivity contribution in [1.29, 1.82) is 0 Å². The summed E-state index contributed by atoms with van der Waals surface area (Å²) in [7, 11) is 1.65. The summed E-state index contributed by atoms with van der Waals surface area (Å²) in [4.78, 5) is 12.5. The second-order valence-corrected chi connectivity index (χ2v) is 6.31. The Morgan fingerprint density at radius 1 is 1.22 bits per heavy atom. The summed E-state index contributed by atoms with van der Waals surface area (Å²) in [5.41, 5.74) is 3.64. The molecule has 23 heavy (non-hydrogen) atoms. The summed E-state index contributed by atoms with van der Waals surface area (Å²) in [6.45, 7) is 6.56. The summed E-state index contributed by atoms with van der Waals surface area (Å²) < 4.78 is 5.42. The Hall–Kier alpha value is -2.00. The summed E-state index contributed by atoms with van der Waals surface area (Å²) in [6, 6.07) is 11.3. The first-order valence-electron chi connectivity index (χ1n) is 7.63. The molecule has 0 aliphatic carbocycles. The highest BCUT2D eigenvalue weighted by Crippen LogP contribution is 2.29. The number of benzene rings is 2. The van der Waals surface area contributed by atoms with Gasteiger partial charge in [-0.2, -0.15) is 0 Å². The zero-order valence-electron chi connectivity index (χ0n) is 13.9. The largest absolute Gasteiger partial charge is 0.496 e. The number of hydrogen-bond donors (Lipinski definition) is 1. The predicted octanol–water partition coefficient (Wildman–Crippen LogP) is 4.71. The maximum atomic E-state index is 12.5. The number of nitrogens with one attached hydrogen (secondary N) is 1. The van der Waals surface area contributed by atoms with Gasteiger partial charge in [-0.05, 0) is 53.8 Å². The molecule has 2 aromatic carbocycles. The van der Waals surface area contributed by atoms with E-state index < -0.39 is 0 Å². The van der Waals surface area contributed by atoms with E-state index in [1.807, 2.05) is 43.3 Å². The first kappa shape index (κ1) is 17.4. The van der Waals surface area contributed by atoms with E-state index in [2.05, 4.69) is 19.2 Å². The molecule has 0 aromatic heterocycles. The molecule has 0 heterocycles. The maximum absolute atomic E-state index is 12.5. The van der Waals surface area contributed by atoms with Gasteiger partial charge >= 0.3 is 0 Å². The molecule has 1 amide bonds. The van der Waals surface area contributed by atoms with Gasteiger partial charge in [0.15, 0.2) is 0 Å². The fourth-order valence-electron chi connectivity index (χ4n) is 2.45. The standard InChI is InChI=1S/C19H22ClNO2/c1-12(2)16-10-17(13(3)9-18(16)23-4)19(22)21-11-14-5-7-15(20)8-6-14/h5-10,12H,11H2,1-4H3,(H,21,22). The first-order chi connectivity index (χ1) is 10.9. The van der Waals surface area contributed by atoms with Crippen LogP contribution in [0, 0.1) is 6.92 Å². The Bertz CT molecular complexity index is 693. The van der Waals surface area contributed by atoms with Crippen LogP contribution in [0.3, 0.4) is 0 Å². The van der Waals surface area contributed by atoms with Gasteiger partial charge < -0.3 is 10.1 Å². The van der Waals surface area contributed by atoms with Crippen LogP contribution in [0.4, 0.5) is 0 Å². The van der Waals surface area contributed by atoms with E-state index in [1.165, 1.54) is 0 Å². The quantitative estimate of drug-likeness (QED) is 0.861. The van der Waals surface area contributed by atoms with E-state index in [1.54, 1.807) is 7.11 Å². The van der Waals surface area contributed by atoms with Crippen LogP contribution in [0.15, 0.2) is 36.4 Å². The average Bonchev–Trinajstić information content (AvgIpc) is 2.53. The lowest BCUT2D eigenvalue weighted by molar-refractivity contribution is 0.0950. The third kappa shape index (κ3) is 4.26. The Kier molecular flexibility index (Phi) is 5.67. The number of hydrogen-bond acceptors (Lipinski definition) is 2. The fourth-order valence-corrected chi connectivity index (χ4v) is 2.58. The zero-order chi connectivity index (χ0) is 17.0. The van der Waals surface area contributed by atoms with Crippen molar-refractivity contribution in [3.63, 3.8) is 0 Å². The molecule has 0 aliphatic heterocycles. The molecule has 0 spiro atoms. The van der Waals surface area contributed by atoms with Crippen LogP contribution in [0.2, 0.25) is 5.02 Å². The molecule has 2 rings (SSSR count). The van der Waals surface area contributed by atoms with Gasteiger partial charge in [-0.25, -0.2) is 0 Å². The lowest BCUT2D eigenvalue weighted by atomic mass is 9.96. The number of amides is 1. The Balaban J connectivity index is 2.18. The molecule has 0 bridgehead atoms. The van der Waals surface area contributed by atoms with Gasteiger partial charge in [-0.3, -0.25) is 4.79 Å². The molecule has 0 radical (unpaired) electrons. The number of carbonyl (C=O) groups is 1.